The number of nitrogens with zero attached hydrogens (tertiary/aromatic N) is 1. The Morgan fingerprint density at radius 3 is 2.94 bits per heavy atom. The van der Waals surface area contributed by atoms with Crippen LogP contribution in [0.3, 0.4) is 0 Å². The lowest BCUT2D eigenvalue weighted by Gasteiger charge is -2.25. The van der Waals surface area contributed by atoms with Gasteiger partial charge in [0.15, 0.2) is 11.6 Å². The number of esters is 1. The SMILES string of the molecule is COC(=O)C1C(=O)C=C(Nc2ccon2)CC1C. The number of rotatable bonds is 3. The smallest absolute Gasteiger partial charge is 0.316 e. The summed E-state index contributed by atoms with van der Waals surface area (Å²) in [6.45, 7) is 1.84. The molecule has 0 aromatic carbocycles. The van der Waals surface area contributed by atoms with Gasteiger partial charge in [-0.25, -0.2) is 0 Å². The zero-order valence-electron chi connectivity index (χ0n) is 10.2. The monoisotopic (exact) mass is 250 g/mol. The van der Waals surface area contributed by atoms with Gasteiger partial charge in [0.05, 0.1) is 7.11 Å². The highest BCUT2D eigenvalue weighted by Crippen LogP contribution is 2.28. The zero-order chi connectivity index (χ0) is 13.1. The van der Waals surface area contributed by atoms with E-state index < -0.39 is 11.9 Å². The van der Waals surface area contributed by atoms with Crippen molar-refractivity contribution in [3.63, 3.8) is 0 Å². The van der Waals surface area contributed by atoms with Crippen LogP contribution in [0.5, 0.6) is 0 Å². The number of nitrogens with one attached hydrogen (secondary N) is 1. The van der Waals surface area contributed by atoms with Crippen LogP contribution in [0.25, 0.3) is 0 Å². The molecule has 2 rings (SSSR count). The standard InChI is InChI=1S/C12H14N2O4/c1-7-5-8(13-10-3-4-18-14-10)6-9(15)11(7)12(16)17-2/h3-4,6-7,11H,5H2,1-2H3,(H,13,14). The number of allylic oxidation sites excluding steroid dienone is 2. The topological polar surface area (TPSA) is 81.4 Å². The van der Waals surface area contributed by atoms with E-state index in [2.05, 4.69) is 19.7 Å². The molecule has 0 saturated heterocycles. The molecule has 6 heteroatoms. The lowest BCUT2D eigenvalue weighted by atomic mass is 9.82. The van der Waals surface area contributed by atoms with Crippen molar-refractivity contribution < 1.29 is 18.8 Å². The molecule has 1 aromatic heterocycles. The van der Waals surface area contributed by atoms with E-state index in [1.54, 1.807) is 6.07 Å². The lowest BCUT2D eigenvalue weighted by molar-refractivity contribution is -0.150. The number of methoxy groups -OCH3 is 1. The number of anilines is 1. The number of carbonyl (C=O) groups is 2. The predicted molar refractivity (Wildman–Crippen MR) is 62.5 cm³/mol. The Morgan fingerprint density at radius 2 is 2.39 bits per heavy atom. The van der Waals surface area contributed by atoms with Gasteiger partial charge in [0, 0.05) is 17.8 Å². The van der Waals surface area contributed by atoms with Gasteiger partial charge in [0.1, 0.15) is 12.2 Å². The van der Waals surface area contributed by atoms with Crippen molar-refractivity contribution in [1.82, 2.24) is 5.16 Å². The Labute approximate surface area is 104 Å². The van der Waals surface area contributed by atoms with E-state index in [4.69, 9.17) is 0 Å². The first-order chi connectivity index (χ1) is 8.61. The van der Waals surface area contributed by atoms with Gasteiger partial charge in [0.2, 0.25) is 0 Å². The highest BCUT2D eigenvalue weighted by molar-refractivity contribution is 6.06. The molecule has 6 nitrogen and oxygen atoms in total. The zero-order valence-corrected chi connectivity index (χ0v) is 10.2. The second kappa shape index (κ2) is 5.03. The van der Waals surface area contributed by atoms with Crippen molar-refractivity contribution in [3.8, 4) is 0 Å². The van der Waals surface area contributed by atoms with Crippen molar-refractivity contribution in [3.05, 3.63) is 24.1 Å². The van der Waals surface area contributed by atoms with Crippen LogP contribution in [0.4, 0.5) is 5.82 Å². The number of ketones is 1. The predicted octanol–water partition coefficient (Wildman–Crippen LogP) is 1.37. The Hall–Kier alpha value is -2.11. The molecule has 1 N–H and O–H groups in total. The minimum absolute atomic E-state index is 0.107. The van der Waals surface area contributed by atoms with Gasteiger partial charge < -0.3 is 14.6 Å². The fourth-order valence-electron chi connectivity index (χ4n) is 2.07. The molecular weight excluding hydrogens is 236 g/mol. The van der Waals surface area contributed by atoms with Gasteiger partial charge in [0.25, 0.3) is 0 Å². The van der Waals surface area contributed by atoms with Crippen LogP contribution in [0.1, 0.15) is 13.3 Å². The fourth-order valence-corrected chi connectivity index (χ4v) is 2.07. The van der Waals surface area contributed by atoms with Crippen molar-refractivity contribution in [2.24, 2.45) is 11.8 Å². The maximum atomic E-state index is 11.9. The Bertz CT molecular complexity index is 478. The minimum atomic E-state index is -0.710. The van der Waals surface area contributed by atoms with Crippen LogP contribution in [-0.2, 0) is 14.3 Å². The van der Waals surface area contributed by atoms with E-state index in [-0.39, 0.29) is 11.7 Å². The van der Waals surface area contributed by atoms with Gasteiger partial charge >= 0.3 is 5.97 Å². The van der Waals surface area contributed by atoms with Gasteiger partial charge in [-0.1, -0.05) is 12.1 Å². The van der Waals surface area contributed by atoms with Gasteiger partial charge in [-0.2, -0.15) is 0 Å². The lowest BCUT2D eigenvalue weighted by Crippen LogP contribution is -2.34. The molecule has 96 valence electrons. The number of carbonyl (C=O) groups excluding carboxylic acids is 2. The molecular formula is C12H14N2O4. The van der Waals surface area contributed by atoms with Crippen molar-refractivity contribution >= 4 is 17.6 Å². The Kier molecular flexibility index (Phi) is 3.45. The Morgan fingerprint density at radius 1 is 1.61 bits per heavy atom. The van der Waals surface area contributed by atoms with Crippen LogP contribution in [0.2, 0.25) is 0 Å². The first-order valence-corrected chi connectivity index (χ1v) is 5.61. The summed E-state index contributed by atoms with van der Waals surface area (Å²) < 4.78 is 9.32. The van der Waals surface area contributed by atoms with E-state index in [1.807, 2.05) is 6.92 Å². The summed E-state index contributed by atoms with van der Waals surface area (Å²) >= 11 is 0. The molecule has 0 fully saturated rings. The van der Waals surface area contributed by atoms with E-state index in [0.717, 1.165) is 5.70 Å². The second-order valence-electron chi connectivity index (χ2n) is 4.26. The van der Waals surface area contributed by atoms with Gasteiger partial charge in [-0.05, 0) is 12.3 Å². The van der Waals surface area contributed by atoms with Crippen molar-refractivity contribution in [2.75, 3.05) is 12.4 Å². The van der Waals surface area contributed by atoms with E-state index >= 15 is 0 Å². The molecule has 2 unspecified atom stereocenters. The van der Waals surface area contributed by atoms with E-state index in [9.17, 15) is 9.59 Å². The van der Waals surface area contributed by atoms with Crippen molar-refractivity contribution in [1.29, 1.82) is 0 Å². The van der Waals surface area contributed by atoms with E-state index in [1.165, 1.54) is 19.4 Å². The van der Waals surface area contributed by atoms with Gasteiger partial charge in [-0.15, -0.1) is 0 Å². The molecule has 0 radical (unpaired) electrons. The fraction of sp³-hybridized carbons (Fsp3) is 0.417. The van der Waals surface area contributed by atoms with E-state index in [0.29, 0.717) is 12.2 Å². The van der Waals surface area contributed by atoms with Crippen LogP contribution >= 0.6 is 0 Å². The summed E-state index contributed by atoms with van der Waals surface area (Å²) in [4.78, 5) is 23.4. The molecule has 0 bridgehead atoms. The summed E-state index contributed by atoms with van der Waals surface area (Å²) in [6, 6.07) is 1.66. The van der Waals surface area contributed by atoms with Crippen LogP contribution in [-0.4, -0.2) is 24.0 Å². The maximum Gasteiger partial charge on any atom is 0.316 e. The second-order valence-corrected chi connectivity index (χ2v) is 4.26. The summed E-state index contributed by atoms with van der Waals surface area (Å²) in [5, 5.41) is 6.68. The minimum Gasteiger partial charge on any atom is -0.468 e. The molecule has 0 amide bonds. The summed E-state index contributed by atoms with van der Waals surface area (Å²) in [6.07, 6.45) is 3.45. The molecule has 0 aliphatic heterocycles. The molecule has 18 heavy (non-hydrogen) atoms. The normalized spacial score (nSPS) is 23.4. The Balaban J connectivity index is 2.13. The highest BCUT2D eigenvalue weighted by Gasteiger charge is 2.35. The highest BCUT2D eigenvalue weighted by atomic mass is 16.5. The summed E-state index contributed by atoms with van der Waals surface area (Å²) in [5.41, 5.74) is 0.724. The number of ether oxygens (including phenoxy) is 1. The quantitative estimate of drug-likeness (QED) is 0.644. The maximum absolute atomic E-state index is 11.9. The summed E-state index contributed by atoms with van der Waals surface area (Å²) in [7, 11) is 1.29. The molecule has 1 aromatic rings. The average molecular weight is 250 g/mol. The third kappa shape index (κ3) is 2.42. The molecule has 0 saturated carbocycles. The molecule has 0 spiro atoms. The number of hydrogen-bond donors (Lipinski definition) is 1. The molecule has 1 aliphatic rings. The molecule has 1 heterocycles. The van der Waals surface area contributed by atoms with Crippen LogP contribution in [0.15, 0.2) is 28.6 Å². The molecule has 2 atom stereocenters. The van der Waals surface area contributed by atoms with Gasteiger partial charge in [-0.3, -0.25) is 9.59 Å². The largest absolute Gasteiger partial charge is 0.468 e. The van der Waals surface area contributed by atoms with Crippen molar-refractivity contribution in [2.45, 2.75) is 13.3 Å². The first-order valence-electron chi connectivity index (χ1n) is 5.61. The number of aromatic nitrogens is 1. The van der Waals surface area contributed by atoms with Crippen LogP contribution in [0, 0.1) is 11.8 Å². The summed E-state index contributed by atoms with van der Waals surface area (Å²) in [5.74, 6) is -1.00. The first kappa shape index (κ1) is 12.3. The third-order valence-corrected chi connectivity index (χ3v) is 2.92. The third-order valence-electron chi connectivity index (χ3n) is 2.92. The average Bonchev–Trinajstić information content (AvgIpc) is 2.80. The number of hydrogen-bond acceptors (Lipinski definition) is 6. The molecule has 1 aliphatic carbocycles. The van der Waals surface area contributed by atoms with Crippen LogP contribution < -0.4 is 5.32 Å².